The van der Waals surface area contributed by atoms with Gasteiger partial charge in [0.05, 0.1) is 6.26 Å². The molecule has 0 unspecified atom stereocenters. The zero-order valence-electron chi connectivity index (χ0n) is 6.12. The van der Waals surface area contributed by atoms with Crippen molar-refractivity contribution in [1.29, 1.82) is 0 Å². The summed E-state index contributed by atoms with van der Waals surface area (Å²) in [4.78, 5) is 20.4. The minimum Gasteiger partial charge on any atom is -0.481 e. The van der Waals surface area contributed by atoms with Crippen LogP contribution in [0.4, 0.5) is 0 Å². The SMILES string of the molecule is C=C(Cl)C=COC(=O)CC(=O)O. The van der Waals surface area contributed by atoms with E-state index in [0.29, 0.717) is 0 Å². The van der Waals surface area contributed by atoms with Crippen molar-refractivity contribution in [1.82, 2.24) is 0 Å². The summed E-state index contributed by atoms with van der Waals surface area (Å²) in [6.07, 6.45) is 1.56. The molecule has 0 aromatic carbocycles. The second-order valence-electron chi connectivity index (χ2n) is 1.81. The van der Waals surface area contributed by atoms with Gasteiger partial charge in [-0.15, -0.1) is 0 Å². The lowest BCUT2D eigenvalue weighted by molar-refractivity contribution is -0.147. The summed E-state index contributed by atoms with van der Waals surface area (Å²) >= 11 is 5.28. The summed E-state index contributed by atoms with van der Waals surface area (Å²) in [5.41, 5.74) is 0. The normalized spacial score (nSPS) is 9.75. The van der Waals surface area contributed by atoms with Crippen LogP contribution in [-0.4, -0.2) is 17.0 Å². The van der Waals surface area contributed by atoms with E-state index in [4.69, 9.17) is 16.7 Å². The molecule has 0 aliphatic carbocycles. The number of esters is 1. The van der Waals surface area contributed by atoms with Crippen molar-refractivity contribution >= 4 is 23.5 Å². The number of rotatable bonds is 4. The molecule has 0 bridgehead atoms. The van der Waals surface area contributed by atoms with Crippen molar-refractivity contribution in [3.63, 3.8) is 0 Å². The average molecular weight is 191 g/mol. The first kappa shape index (κ1) is 10.7. The van der Waals surface area contributed by atoms with Crippen LogP contribution in [0, 0.1) is 0 Å². The summed E-state index contributed by atoms with van der Waals surface area (Å²) in [6, 6.07) is 0. The van der Waals surface area contributed by atoms with E-state index < -0.39 is 18.4 Å². The van der Waals surface area contributed by atoms with Crippen molar-refractivity contribution in [2.24, 2.45) is 0 Å². The van der Waals surface area contributed by atoms with Crippen LogP contribution < -0.4 is 0 Å². The first-order valence-corrected chi connectivity index (χ1v) is 3.32. The summed E-state index contributed by atoms with van der Waals surface area (Å²) in [7, 11) is 0. The highest BCUT2D eigenvalue weighted by Gasteiger charge is 2.06. The zero-order chi connectivity index (χ0) is 9.56. The van der Waals surface area contributed by atoms with Crippen LogP contribution in [0.1, 0.15) is 6.42 Å². The molecule has 0 aliphatic heterocycles. The maximum absolute atomic E-state index is 10.5. The van der Waals surface area contributed by atoms with Gasteiger partial charge in [-0.3, -0.25) is 9.59 Å². The fourth-order valence-electron chi connectivity index (χ4n) is 0.349. The first-order chi connectivity index (χ1) is 5.52. The smallest absolute Gasteiger partial charge is 0.321 e. The van der Waals surface area contributed by atoms with E-state index in [1.807, 2.05) is 0 Å². The monoisotopic (exact) mass is 190 g/mol. The van der Waals surface area contributed by atoms with Crippen molar-refractivity contribution in [3.05, 3.63) is 23.9 Å². The van der Waals surface area contributed by atoms with Crippen molar-refractivity contribution in [2.45, 2.75) is 6.42 Å². The molecule has 0 atom stereocenters. The lowest BCUT2D eigenvalue weighted by Crippen LogP contribution is -2.07. The molecular weight excluding hydrogens is 184 g/mol. The molecule has 0 fully saturated rings. The van der Waals surface area contributed by atoms with E-state index in [1.165, 1.54) is 6.08 Å². The minimum absolute atomic E-state index is 0.193. The largest absolute Gasteiger partial charge is 0.481 e. The van der Waals surface area contributed by atoms with Crippen LogP contribution in [0.2, 0.25) is 0 Å². The molecule has 0 heterocycles. The highest BCUT2D eigenvalue weighted by molar-refractivity contribution is 6.30. The third kappa shape index (κ3) is 6.82. The Hall–Kier alpha value is -1.29. The number of carboxylic acids is 1. The number of carbonyl (C=O) groups is 2. The number of ether oxygens (including phenoxy) is 1. The standard InChI is InChI=1S/C7H7ClO4/c1-5(8)2-3-12-7(11)4-6(9)10/h2-3H,1,4H2,(H,9,10). The number of halogens is 1. The van der Waals surface area contributed by atoms with Gasteiger partial charge in [-0.05, 0) is 6.08 Å². The molecule has 0 aromatic rings. The first-order valence-electron chi connectivity index (χ1n) is 2.94. The molecule has 0 spiro atoms. The summed E-state index contributed by atoms with van der Waals surface area (Å²) < 4.78 is 4.32. The Morgan fingerprint density at radius 3 is 2.58 bits per heavy atom. The topological polar surface area (TPSA) is 63.6 Å². The van der Waals surface area contributed by atoms with Gasteiger partial charge in [0.2, 0.25) is 0 Å². The molecular formula is C7H7ClO4. The quantitative estimate of drug-likeness (QED) is 0.314. The van der Waals surface area contributed by atoms with E-state index >= 15 is 0 Å². The molecule has 0 rings (SSSR count). The Kier molecular flexibility index (Phi) is 4.79. The predicted molar refractivity (Wildman–Crippen MR) is 42.5 cm³/mol. The Morgan fingerprint density at radius 2 is 2.17 bits per heavy atom. The molecule has 0 radical (unpaired) electrons. The average Bonchev–Trinajstić information content (AvgIpc) is 1.84. The van der Waals surface area contributed by atoms with Gasteiger partial charge in [0.1, 0.15) is 6.42 Å². The van der Waals surface area contributed by atoms with Gasteiger partial charge in [0.25, 0.3) is 0 Å². The Labute approximate surface area is 74.1 Å². The number of carboxylic acid groups (broad SMARTS) is 1. The van der Waals surface area contributed by atoms with E-state index in [-0.39, 0.29) is 5.03 Å². The Bertz CT molecular complexity index is 232. The van der Waals surface area contributed by atoms with Crippen molar-refractivity contribution < 1.29 is 19.4 Å². The van der Waals surface area contributed by atoms with Gasteiger partial charge < -0.3 is 9.84 Å². The van der Waals surface area contributed by atoms with Gasteiger partial charge >= 0.3 is 11.9 Å². The molecule has 0 aliphatic rings. The van der Waals surface area contributed by atoms with E-state index in [1.54, 1.807) is 0 Å². The third-order valence-corrected chi connectivity index (χ3v) is 0.870. The number of aliphatic carboxylic acids is 1. The molecule has 0 amide bonds. The molecule has 1 N–H and O–H groups in total. The predicted octanol–water partition coefficient (Wildman–Crippen LogP) is 1.27. The molecule has 66 valence electrons. The number of carbonyl (C=O) groups excluding carboxylic acids is 1. The van der Waals surface area contributed by atoms with Crippen LogP contribution in [-0.2, 0) is 14.3 Å². The lowest BCUT2D eigenvalue weighted by Gasteiger charge is -1.93. The van der Waals surface area contributed by atoms with Gasteiger partial charge in [0.15, 0.2) is 0 Å². The third-order valence-electron chi connectivity index (χ3n) is 0.744. The van der Waals surface area contributed by atoms with Crippen LogP contribution >= 0.6 is 11.6 Å². The van der Waals surface area contributed by atoms with Crippen LogP contribution in [0.5, 0.6) is 0 Å². The fraction of sp³-hybridized carbons (Fsp3) is 0.143. The maximum Gasteiger partial charge on any atom is 0.321 e. The van der Waals surface area contributed by atoms with Gasteiger partial charge in [-0.25, -0.2) is 0 Å². The van der Waals surface area contributed by atoms with Crippen molar-refractivity contribution in [3.8, 4) is 0 Å². The van der Waals surface area contributed by atoms with Crippen LogP contribution in [0.15, 0.2) is 23.9 Å². The van der Waals surface area contributed by atoms with Crippen molar-refractivity contribution in [2.75, 3.05) is 0 Å². The summed E-state index contributed by atoms with van der Waals surface area (Å²) in [6.45, 7) is 3.28. The molecule has 0 saturated heterocycles. The van der Waals surface area contributed by atoms with Crippen LogP contribution in [0.3, 0.4) is 0 Å². The molecule has 0 saturated carbocycles. The fourth-order valence-corrected chi connectivity index (χ4v) is 0.400. The molecule has 5 heteroatoms. The van der Waals surface area contributed by atoms with Gasteiger partial charge in [-0.1, -0.05) is 18.2 Å². The molecule has 4 nitrogen and oxygen atoms in total. The van der Waals surface area contributed by atoms with E-state index in [9.17, 15) is 9.59 Å². The summed E-state index contributed by atoms with van der Waals surface area (Å²) in [5.74, 6) is -2.09. The Morgan fingerprint density at radius 1 is 1.58 bits per heavy atom. The van der Waals surface area contributed by atoms with Gasteiger partial charge in [0, 0.05) is 5.03 Å². The second kappa shape index (κ2) is 5.37. The Balaban J connectivity index is 3.71. The zero-order valence-corrected chi connectivity index (χ0v) is 6.87. The maximum atomic E-state index is 10.5. The lowest BCUT2D eigenvalue weighted by atomic mass is 10.4. The molecule has 0 aromatic heterocycles. The number of hydrogen-bond donors (Lipinski definition) is 1. The summed E-state index contributed by atoms with van der Waals surface area (Å²) in [5, 5.41) is 8.32. The highest BCUT2D eigenvalue weighted by Crippen LogP contribution is 1.98. The van der Waals surface area contributed by atoms with E-state index in [0.717, 1.165) is 6.26 Å². The van der Waals surface area contributed by atoms with Crippen LogP contribution in [0.25, 0.3) is 0 Å². The second-order valence-corrected chi connectivity index (χ2v) is 2.30. The number of allylic oxidation sites excluding steroid dienone is 2. The number of hydrogen-bond acceptors (Lipinski definition) is 3. The highest BCUT2D eigenvalue weighted by atomic mass is 35.5. The molecule has 12 heavy (non-hydrogen) atoms. The minimum atomic E-state index is -1.24. The van der Waals surface area contributed by atoms with Gasteiger partial charge in [-0.2, -0.15) is 0 Å². The van der Waals surface area contributed by atoms with E-state index in [2.05, 4.69) is 11.3 Å².